The molecule has 0 aromatic rings. The lowest BCUT2D eigenvalue weighted by atomic mass is 9.99. The zero-order chi connectivity index (χ0) is 19.0. The Balaban J connectivity index is 2.99. The number of unbranched alkanes of at least 4 members (excludes halogenated alkanes) is 1. The summed E-state index contributed by atoms with van der Waals surface area (Å²) in [5.74, 6) is -1.74. The number of hydrogen-bond acceptors (Lipinski definition) is 8. The fraction of sp³-hybridized carbons (Fsp3) is 0.812. The quantitative estimate of drug-likeness (QED) is 0.251. The molecule has 5 atom stereocenters. The topological polar surface area (TPSA) is 97.4 Å². The molecule has 0 saturated carbocycles. The van der Waals surface area contributed by atoms with Gasteiger partial charge < -0.3 is 23.7 Å². The minimum atomic E-state index is -1.04. The highest BCUT2D eigenvalue weighted by Crippen LogP contribution is 2.29. The maximum Gasteiger partial charge on any atom is 0.303 e. The summed E-state index contributed by atoms with van der Waals surface area (Å²) in [6.07, 6.45) is -2.82. The van der Waals surface area contributed by atoms with E-state index in [-0.39, 0.29) is 0 Å². The fourth-order valence-electron chi connectivity index (χ4n) is 2.50. The van der Waals surface area contributed by atoms with Gasteiger partial charge in [-0.15, -0.1) is 0 Å². The van der Waals surface area contributed by atoms with Gasteiger partial charge in [0.05, 0.1) is 6.10 Å². The van der Waals surface area contributed by atoms with Gasteiger partial charge in [-0.3, -0.25) is 14.4 Å². The lowest BCUT2D eigenvalue weighted by Crippen LogP contribution is -2.61. The Morgan fingerprint density at radius 3 is 1.92 bits per heavy atom. The van der Waals surface area contributed by atoms with Crippen LogP contribution in [0.25, 0.3) is 0 Å². The summed E-state index contributed by atoms with van der Waals surface area (Å²) in [6, 6.07) is 0. The first-order valence-electron chi connectivity index (χ1n) is 8.11. The Kier molecular flexibility index (Phi) is 9.37. The van der Waals surface area contributed by atoms with Gasteiger partial charge in [-0.25, -0.2) is 0 Å². The average Bonchev–Trinajstić information content (AvgIpc) is 2.49. The summed E-state index contributed by atoms with van der Waals surface area (Å²) >= 11 is 3.34. The third-order valence-electron chi connectivity index (χ3n) is 3.44. The molecule has 9 heteroatoms. The predicted octanol–water partition coefficient (Wildman–Crippen LogP) is 1.72. The van der Waals surface area contributed by atoms with Crippen LogP contribution in [0.15, 0.2) is 0 Å². The highest BCUT2D eigenvalue weighted by atomic mass is 79.9. The van der Waals surface area contributed by atoms with Gasteiger partial charge in [0.2, 0.25) is 0 Å². The van der Waals surface area contributed by atoms with Crippen LogP contribution in [0.1, 0.15) is 40.5 Å². The molecule has 0 N–H and O–H groups in total. The minimum Gasteiger partial charge on any atom is -0.456 e. The van der Waals surface area contributed by atoms with Gasteiger partial charge in [0, 0.05) is 32.7 Å². The molecule has 1 unspecified atom stereocenters. The van der Waals surface area contributed by atoms with Crippen molar-refractivity contribution in [2.24, 2.45) is 0 Å². The average molecular weight is 425 g/mol. The van der Waals surface area contributed by atoms with Gasteiger partial charge in [0.15, 0.2) is 24.6 Å². The second-order valence-corrected chi connectivity index (χ2v) is 6.49. The number of esters is 3. The summed E-state index contributed by atoms with van der Waals surface area (Å²) in [6.45, 7) is 5.74. The van der Waals surface area contributed by atoms with Crippen molar-refractivity contribution in [3.8, 4) is 0 Å². The molecular weight excluding hydrogens is 400 g/mol. The second-order valence-electron chi connectivity index (χ2n) is 5.70. The number of alkyl halides is 1. The normalized spacial score (nSPS) is 28.9. The number of halogens is 1. The van der Waals surface area contributed by atoms with Crippen molar-refractivity contribution in [2.75, 3.05) is 11.9 Å². The van der Waals surface area contributed by atoms with Crippen LogP contribution in [0.5, 0.6) is 0 Å². The summed E-state index contributed by atoms with van der Waals surface area (Å²) in [5, 5.41) is 0.844. The van der Waals surface area contributed by atoms with Crippen molar-refractivity contribution in [2.45, 2.75) is 71.2 Å². The Hall–Kier alpha value is -1.19. The molecule has 0 spiro atoms. The van der Waals surface area contributed by atoms with Gasteiger partial charge in [-0.1, -0.05) is 15.9 Å². The van der Waals surface area contributed by atoms with Gasteiger partial charge in [-0.2, -0.15) is 0 Å². The highest BCUT2D eigenvalue weighted by molar-refractivity contribution is 9.09. The molecule has 0 aliphatic carbocycles. The van der Waals surface area contributed by atoms with Crippen LogP contribution < -0.4 is 0 Å². The molecule has 1 heterocycles. The third-order valence-corrected chi connectivity index (χ3v) is 4.00. The smallest absolute Gasteiger partial charge is 0.303 e. The molecular formula is C16H25BrO8. The van der Waals surface area contributed by atoms with E-state index in [1.807, 2.05) is 0 Å². The van der Waals surface area contributed by atoms with Crippen molar-refractivity contribution in [3.05, 3.63) is 0 Å². The summed E-state index contributed by atoms with van der Waals surface area (Å²) in [4.78, 5) is 34.4. The van der Waals surface area contributed by atoms with Gasteiger partial charge >= 0.3 is 17.9 Å². The van der Waals surface area contributed by atoms with E-state index >= 15 is 0 Å². The zero-order valence-electron chi connectivity index (χ0n) is 14.9. The largest absolute Gasteiger partial charge is 0.456 e. The van der Waals surface area contributed by atoms with E-state index < -0.39 is 48.6 Å². The van der Waals surface area contributed by atoms with Crippen LogP contribution in [-0.4, -0.2) is 60.6 Å². The molecule has 0 aromatic carbocycles. The maximum absolute atomic E-state index is 11.5. The molecule has 0 aromatic heterocycles. The first-order chi connectivity index (χ1) is 11.8. The number of hydrogen-bond donors (Lipinski definition) is 0. The SMILES string of the molecule is CC(=O)O[C@@H]1[C@@H](OC(C)=O)[C@@H](OC(C)=O)C(OCCCCBr)O[C@H]1C. The first-order valence-corrected chi connectivity index (χ1v) is 9.23. The van der Waals surface area contributed by atoms with E-state index in [9.17, 15) is 14.4 Å². The van der Waals surface area contributed by atoms with Crippen molar-refractivity contribution in [3.63, 3.8) is 0 Å². The molecule has 0 amide bonds. The first kappa shape index (κ1) is 21.9. The Labute approximate surface area is 155 Å². The van der Waals surface area contributed by atoms with Gasteiger partial charge in [-0.05, 0) is 19.8 Å². The molecule has 8 nitrogen and oxygen atoms in total. The zero-order valence-corrected chi connectivity index (χ0v) is 16.4. The number of carbonyl (C=O) groups is 3. The molecule has 0 radical (unpaired) electrons. The Morgan fingerprint density at radius 1 is 0.880 bits per heavy atom. The summed E-state index contributed by atoms with van der Waals surface area (Å²) in [5.41, 5.74) is 0. The van der Waals surface area contributed by atoms with Crippen LogP contribution in [0.2, 0.25) is 0 Å². The third kappa shape index (κ3) is 7.29. The molecule has 144 valence electrons. The summed E-state index contributed by atoms with van der Waals surface area (Å²) < 4.78 is 27.2. The van der Waals surface area contributed by atoms with Crippen molar-refractivity contribution in [1.82, 2.24) is 0 Å². The van der Waals surface area contributed by atoms with Gasteiger partial charge in [0.1, 0.15) is 0 Å². The van der Waals surface area contributed by atoms with E-state index in [0.717, 1.165) is 18.2 Å². The Bertz CT molecular complexity index is 469. The summed E-state index contributed by atoms with van der Waals surface area (Å²) in [7, 11) is 0. The fourth-order valence-corrected chi connectivity index (χ4v) is 2.90. The number of rotatable bonds is 8. The molecule has 25 heavy (non-hydrogen) atoms. The van der Waals surface area contributed by atoms with E-state index in [0.29, 0.717) is 6.61 Å². The molecule has 1 aliphatic heterocycles. The van der Waals surface area contributed by atoms with E-state index in [1.165, 1.54) is 20.8 Å². The Morgan fingerprint density at radius 2 is 1.40 bits per heavy atom. The molecule has 1 rings (SSSR count). The van der Waals surface area contributed by atoms with Crippen molar-refractivity contribution < 1.29 is 38.1 Å². The van der Waals surface area contributed by atoms with Crippen LogP contribution in [0, 0.1) is 0 Å². The molecule has 1 aliphatic rings. The molecule has 1 fully saturated rings. The molecule has 1 saturated heterocycles. The second kappa shape index (κ2) is 10.7. The molecule has 0 bridgehead atoms. The van der Waals surface area contributed by atoms with E-state index in [4.69, 9.17) is 23.7 Å². The number of carbonyl (C=O) groups excluding carboxylic acids is 3. The highest BCUT2D eigenvalue weighted by Gasteiger charge is 2.50. The predicted molar refractivity (Wildman–Crippen MR) is 90.0 cm³/mol. The lowest BCUT2D eigenvalue weighted by molar-refractivity contribution is -0.300. The number of ether oxygens (including phenoxy) is 5. The van der Waals surface area contributed by atoms with Crippen LogP contribution in [0.3, 0.4) is 0 Å². The lowest BCUT2D eigenvalue weighted by Gasteiger charge is -2.43. The van der Waals surface area contributed by atoms with Crippen LogP contribution in [0.4, 0.5) is 0 Å². The van der Waals surface area contributed by atoms with E-state index in [1.54, 1.807) is 6.92 Å². The van der Waals surface area contributed by atoms with Crippen LogP contribution >= 0.6 is 15.9 Å². The van der Waals surface area contributed by atoms with Crippen molar-refractivity contribution >= 4 is 33.8 Å². The monoisotopic (exact) mass is 424 g/mol. The van der Waals surface area contributed by atoms with Gasteiger partial charge in [0.25, 0.3) is 0 Å². The van der Waals surface area contributed by atoms with Crippen LogP contribution in [-0.2, 0) is 38.1 Å². The minimum absolute atomic E-state index is 0.381. The van der Waals surface area contributed by atoms with E-state index in [2.05, 4.69) is 15.9 Å². The van der Waals surface area contributed by atoms with Crippen molar-refractivity contribution in [1.29, 1.82) is 0 Å². The maximum atomic E-state index is 11.5. The standard InChI is InChI=1S/C16H25BrO8/c1-9-13(23-10(2)18)14(24-11(3)19)15(25-12(4)20)16(22-9)21-8-6-5-7-17/h9,13-16H,5-8H2,1-4H3/t9-,13-,14+,15+,16?/m0/s1.